The Kier molecular flexibility index (Phi) is 2.77. The zero-order valence-electron chi connectivity index (χ0n) is 7.57. The fourth-order valence-electron chi connectivity index (χ4n) is 1.46. The minimum Gasteiger partial charge on any atom is -0.381 e. The van der Waals surface area contributed by atoms with Crippen LogP contribution in [0.2, 0.25) is 0 Å². The first-order chi connectivity index (χ1) is 6.45. The average molecular weight is 178 g/mol. The van der Waals surface area contributed by atoms with Crippen molar-refractivity contribution < 1.29 is 4.74 Å². The summed E-state index contributed by atoms with van der Waals surface area (Å²) in [5.74, 6) is 1.61. The Morgan fingerprint density at radius 2 is 2.54 bits per heavy atom. The van der Waals surface area contributed by atoms with Crippen LogP contribution in [0.15, 0.2) is 24.4 Å². The largest absolute Gasteiger partial charge is 0.381 e. The Balaban J connectivity index is 1.79. The van der Waals surface area contributed by atoms with Gasteiger partial charge in [0.2, 0.25) is 0 Å². The number of ether oxygens (including phenoxy) is 1. The first-order valence-corrected chi connectivity index (χ1v) is 4.68. The van der Waals surface area contributed by atoms with E-state index >= 15 is 0 Å². The van der Waals surface area contributed by atoms with Crippen LogP contribution in [-0.4, -0.2) is 24.7 Å². The molecule has 1 atom stereocenters. The highest BCUT2D eigenvalue weighted by atomic mass is 16.5. The second-order valence-corrected chi connectivity index (χ2v) is 3.33. The molecule has 0 aromatic carbocycles. The Morgan fingerprint density at radius 3 is 3.23 bits per heavy atom. The van der Waals surface area contributed by atoms with Crippen LogP contribution in [0.4, 0.5) is 5.82 Å². The lowest BCUT2D eigenvalue weighted by Gasteiger charge is -2.08. The molecular formula is C10H14N2O. The summed E-state index contributed by atoms with van der Waals surface area (Å²) in [4.78, 5) is 4.19. The monoisotopic (exact) mass is 178 g/mol. The lowest BCUT2D eigenvalue weighted by Crippen LogP contribution is -2.14. The van der Waals surface area contributed by atoms with Gasteiger partial charge in [-0.1, -0.05) is 6.07 Å². The minimum atomic E-state index is 0.655. The zero-order valence-corrected chi connectivity index (χ0v) is 7.57. The summed E-state index contributed by atoms with van der Waals surface area (Å²) >= 11 is 0. The molecule has 1 aromatic heterocycles. The Bertz CT molecular complexity index is 244. The summed E-state index contributed by atoms with van der Waals surface area (Å²) in [6.45, 7) is 2.77. The van der Waals surface area contributed by atoms with Crippen molar-refractivity contribution in [3.63, 3.8) is 0 Å². The first-order valence-electron chi connectivity index (χ1n) is 4.68. The quantitative estimate of drug-likeness (QED) is 0.762. The van der Waals surface area contributed by atoms with E-state index in [1.807, 2.05) is 18.2 Å². The predicted octanol–water partition coefficient (Wildman–Crippen LogP) is 1.53. The van der Waals surface area contributed by atoms with Crippen LogP contribution in [0, 0.1) is 5.92 Å². The van der Waals surface area contributed by atoms with Crippen molar-refractivity contribution in [2.45, 2.75) is 6.42 Å². The minimum absolute atomic E-state index is 0.655. The van der Waals surface area contributed by atoms with Crippen molar-refractivity contribution in [3.8, 4) is 0 Å². The molecule has 1 aliphatic heterocycles. The van der Waals surface area contributed by atoms with Crippen molar-refractivity contribution in [1.29, 1.82) is 0 Å². The summed E-state index contributed by atoms with van der Waals surface area (Å²) in [5.41, 5.74) is 0. The number of anilines is 1. The van der Waals surface area contributed by atoms with Gasteiger partial charge in [0, 0.05) is 25.3 Å². The summed E-state index contributed by atoms with van der Waals surface area (Å²) in [7, 11) is 0. The molecule has 2 rings (SSSR count). The number of hydrogen-bond acceptors (Lipinski definition) is 3. The molecule has 1 aliphatic rings. The van der Waals surface area contributed by atoms with Crippen LogP contribution < -0.4 is 5.32 Å². The number of hydrogen-bond donors (Lipinski definition) is 1. The SMILES string of the molecule is c1ccc(NC[C@@H]2CCOC2)nc1. The van der Waals surface area contributed by atoms with Gasteiger partial charge in [-0.3, -0.25) is 0 Å². The van der Waals surface area contributed by atoms with Gasteiger partial charge >= 0.3 is 0 Å². The highest BCUT2D eigenvalue weighted by Gasteiger charge is 2.14. The Labute approximate surface area is 78.1 Å². The second-order valence-electron chi connectivity index (χ2n) is 3.33. The van der Waals surface area contributed by atoms with E-state index in [2.05, 4.69) is 10.3 Å². The molecule has 0 bridgehead atoms. The van der Waals surface area contributed by atoms with Crippen molar-refractivity contribution >= 4 is 5.82 Å². The summed E-state index contributed by atoms with van der Waals surface area (Å²) in [6.07, 6.45) is 2.97. The zero-order chi connectivity index (χ0) is 8.93. The van der Waals surface area contributed by atoms with E-state index in [0.717, 1.165) is 25.6 Å². The van der Waals surface area contributed by atoms with Crippen LogP contribution in [0.1, 0.15) is 6.42 Å². The van der Waals surface area contributed by atoms with Crippen molar-refractivity contribution in [2.24, 2.45) is 5.92 Å². The third kappa shape index (κ3) is 2.42. The third-order valence-corrected chi connectivity index (χ3v) is 2.26. The van der Waals surface area contributed by atoms with E-state index in [9.17, 15) is 0 Å². The Hall–Kier alpha value is -1.09. The van der Waals surface area contributed by atoms with Gasteiger partial charge < -0.3 is 10.1 Å². The number of pyridine rings is 1. The molecule has 1 N–H and O–H groups in total. The normalized spacial score (nSPS) is 21.7. The molecule has 13 heavy (non-hydrogen) atoms. The average Bonchev–Trinajstić information content (AvgIpc) is 2.69. The highest BCUT2D eigenvalue weighted by molar-refractivity contribution is 5.32. The van der Waals surface area contributed by atoms with E-state index < -0.39 is 0 Å². The Morgan fingerprint density at radius 1 is 1.54 bits per heavy atom. The van der Waals surface area contributed by atoms with Gasteiger partial charge in [-0.25, -0.2) is 4.98 Å². The number of rotatable bonds is 3. The summed E-state index contributed by atoms with van der Waals surface area (Å²) in [5, 5.41) is 3.30. The summed E-state index contributed by atoms with van der Waals surface area (Å²) < 4.78 is 5.29. The second kappa shape index (κ2) is 4.23. The van der Waals surface area contributed by atoms with Gasteiger partial charge in [-0.05, 0) is 18.6 Å². The van der Waals surface area contributed by atoms with Gasteiger partial charge in [0.15, 0.2) is 0 Å². The maximum absolute atomic E-state index is 5.29. The van der Waals surface area contributed by atoms with Crippen LogP contribution in [0.5, 0.6) is 0 Å². The standard InChI is InChI=1S/C10H14N2O/c1-2-5-11-10(3-1)12-7-9-4-6-13-8-9/h1-3,5,9H,4,6-8H2,(H,11,12)/t9-/m0/s1. The fraction of sp³-hybridized carbons (Fsp3) is 0.500. The first kappa shape index (κ1) is 8.51. The van der Waals surface area contributed by atoms with Crippen molar-refractivity contribution in [1.82, 2.24) is 4.98 Å². The molecule has 0 aliphatic carbocycles. The van der Waals surface area contributed by atoms with E-state index in [4.69, 9.17) is 4.74 Å². The van der Waals surface area contributed by atoms with Gasteiger partial charge in [-0.2, -0.15) is 0 Å². The molecule has 0 saturated carbocycles. The molecule has 0 amide bonds. The topological polar surface area (TPSA) is 34.1 Å². The molecule has 1 fully saturated rings. The van der Waals surface area contributed by atoms with Gasteiger partial charge in [0.25, 0.3) is 0 Å². The number of nitrogens with zero attached hydrogens (tertiary/aromatic N) is 1. The molecule has 3 heteroatoms. The molecule has 0 spiro atoms. The van der Waals surface area contributed by atoms with Gasteiger partial charge in [-0.15, -0.1) is 0 Å². The van der Waals surface area contributed by atoms with Gasteiger partial charge in [0.1, 0.15) is 5.82 Å². The van der Waals surface area contributed by atoms with Crippen molar-refractivity contribution in [3.05, 3.63) is 24.4 Å². The lowest BCUT2D eigenvalue weighted by molar-refractivity contribution is 0.187. The molecule has 70 valence electrons. The van der Waals surface area contributed by atoms with Crippen LogP contribution in [0.3, 0.4) is 0 Å². The van der Waals surface area contributed by atoms with Crippen LogP contribution >= 0.6 is 0 Å². The van der Waals surface area contributed by atoms with Crippen molar-refractivity contribution in [2.75, 3.05) is 25.1 Å². The molecular weight excluding hydrogens is 164 g/mol. The molecule has 1 aromatic rings. The predicted molar refractivity (Wildman–Crippen MR) is 51.7 cm³/mol. The van der Waals surface area contributed by atoms with Gasteiger partial charge in [0.05, 0.1) is 6.61 Å². The van der Waals surface area contributed by atoms with E-state index in [1.54, 1.807) is 6.20 Å². The van der Waals surface area contributed by atoms with Crippen LogP contribution in [-0.2, 0) is 4.74 Å². The third-order valence-electron chi connectivity index (χ3n) is 2.26. The molecule has 0 unspecified atom stereocenters. The molecule has 0 radical (unpaired) electrons. The van der Waals surface area contributed by atoms with E-state index in [0.29, 0.717) is 5.92 Å². The van der Waals surface area contributed by atoms with Crippen LogP contribution in [0.25, 0.3) is 0 Å². The molecule has 2 heterocycles. The van der Waals surface area contributed by atoms with E-state index in [1.165, 1.54) is 6.42 Å². The number of aromatic nitrogens is 1. The fourth-order valence-corrected chi connectivity index (χ4v) is 1.46. The lowest BCUT2D eigenvalue weighted by atomic mass is 10.1. The smallest absolute Gasteiger partial charge is 0.125 e. The maximum atomic E-state index is 5.29. The molecule has 3 nitrogen and oxygen atoms in total. The van der Waals surface area contributed by atoms with E-state index in [-0.39, 0.29) is 0 Å². The highest BCUT2D eigenvalue weighted by Crippen LogP contribution is 2.12. The summed E-state index contributed by atoms with van der Waals surface area (Å²) in [6, 6.07) is 5.89. The number of nitrogens with one attached hydrogen (secondary N) is 1. The maximum Gasteiger partial charge on any atom is 0.125 e. The molecule has 1 saturated heterocycles.